The molecule has 1 aliphatic heterocycles. The molecule has 4 heterocycles. The van der Waals surface area contributed by atoms with E-state index in [1.807, 2.05) is 25.3 Å². The van der Waals surface area contributed by atoms with Gasteiger partial charge in [0.25, 0.3) is 0 Å². The maximum atomic E-state index is 12.6. The van der Waals surface area contributed by atoms with Gasteiger partial charge in [0, 0.05) is 41.4 Å². The number of nitrogens with zero attached hydrogens (tertiary/aromatic N) is 4. The lowest BCUT2D eigenvalue weighted by atomic mass is 9.95. The van der Waals surface area contributed by atoms with Crippen LogP contribution in [-0.4, -0.2) is 32.1 Å². The first-order valence-electron chi connectivity index (χ1n) is 7.75. The molecule has 0 radical (unpaired) electrons. The molecule has 0 aliphatic carbocycles. The summed E-state index contributed by atoms with van der Waals surface area (Å²) in [6.45, 7) is 1.87. The average molecular weight is 327 g/mol. The van der Waals surface area contributed by atoms with Crippen molar-refractivity contribution in [2.45, 2.75) is 32.1 Å². The van der Waals surface area contributed by atoms with Crippen molar-refractivity contribution >= 4 is 22.4 Å². The molecule has 4 rings (SSSR count). The van der Waals surface area contributed by atoms with Crippen LogP contribution in [0.15, 0.2) is 35.8 Å². The fourth-order valence-corrected chi connectivity index (χ4v) is 3.14. The Kier molecular flexibility index (Phi) is 3.55. The molecule has 0 bridgehead atoms. The molecule has 0 amide bonds. The number of alkyl halides is 2. The van der Waals surface area contributed by atoms with Gasteiger partial charge in [-0.3, -0.25) is 4.99 Å². The molecule has 122 valence electrons. The molecule has 0 saturated heterocycles. The molecular weight excluding hydrogens is 312 g/mol. The summed E-state index contributed by atoms with van der Waals surface area (Å²) in [5.74, 6) is -0.143. The second-order valence-corrected chi connectivity index (χ2v) is 5.86. The minimum absolute atomic E-state index is 0.143. The maximum absolute atomic E-state index is 12.6. The zero-order valence-corrected chi connectivity index (χ0v) is 13.0. The van der Waals surface area contributed by atoms with Gasteiger partial charge < -0.3 is 4.98 Å². The Hall–Kier alpha value is -2.70. The van der Waals surface area contributed by atoms with Crippen molar-refractivity contribution in [2.24, 2.45) is 4.99 Å². The van der Waals surface area contributed by atoms with E-state index < -0.39 is 6.43 Å². The summed E-state index contributed by atoms with van der Waals surface area (Å²) in [5, 5.41) is 0.879. The number of nitrogens with one attached hydrogen (secondary N) is 1. The van der Waals surface area contributed by atoms with E-state index >= 15 is 0 Å². The minimum atomic E-state index is -2.31. The number of H-pyrrole nitrogens is 1. The Morgan fingerprint density at radius 1 is 1.29 bits per heavy atom. The average Bonchev–Trinajstić information content (AvgIpc) is 3.12. The van der Waals surface area contributed by atoms with E-state index in [9.17, 15) is 8.78 Å². The van der Waals surface area contributed by atoms with E-state index in [2.05, 4.69) is 19.9 Å². The Morgan fingerprint density at radius 3 is 3.00 bits per heavy atom. The van der Waals surface area contributed by atoms with E-state index in [1.54, 1.807) is 6.20 Å². The van der Waals surface area contributed by atoms with E-state index in [1.165, 1.54) is 6.33 Å². The van der Waals surface area contributed by atoms with Crippen molar-refractivity contribution in [3.05, 3.63) is 36.5 Å². The third kappa shape index (κ3) is 2.46. The summed E-state index contributed by atoms with van der Waals surface area (Å²) < 4.78 is 25.2. The quantitative estimate of drug-likeness (QED) is 0.779. The van der Waals surface area contributed by atoms with Gasteiger partial charge in [-0.2, -0.15) is 0 Å². The van der Waals surface area contributed by atoms with Gasteiger partial charge in [-0.25, -0.2) is 23.7 Å². The Balaban J connectivity index is 1.74. The second-order valence-electron chi connectivity index (χ2n) is 5.86. The standard InChI is InChI=1S/C17H15F2N5/c1-9-10(2-5-15(18)19)16-14(23-9)4-3-13(24-16)11-7-21-17-12(11)6-20-8-22-17/h3-4,6-8,10,15H,2,5H2,1H3,(H,20,21,22)/t10-/m1/s1. The lowest BCUT2D eigenvalue weighted by Crippen LogP contribution is -2.08. The zero-order valence-electron chi connectivity index (χ0n) is 13.0. The molecule has 1 atom stereocenters. The molecule has 5 nitrogen and oxygen atoms in total. The smallest absolute Gasteiger partial charge is 0.238 e. The molecule has 3 aromatic heterocycles. The highest BCUT2D eigenvalue weighted by Crippen LogP contribution is 2.39. The van der Waals surface area contributed by atoms with Crippen LogP contribution in [0.3, 0.4) is 0 Å². The van der Waals surface area contributed by atoms with Gasteiger partial charge in [0.2, 0.25) is 6.43 Å². The molecule has 0 spiro atoms. The highest BCUT2D eigenvalue weighted by atomic mass is 19.3. The number of aromatic amines is 1. The first-order chi connectivity index (χ1) is 11.6. The van der Waals surface area contributed by atoms with Crippen LogP contribution in [0.1, 0.15) is 31.4 Å². The first-order valence-corrected chi connectivity index (χ1v) is 7.75. The fraction of sp³-hybridized carbons (Fsp3) is 0.294. The van der Waals surface area contributed by atoms with Gasteiger partial charge in [0.05, 0.1) is 17.1 Å². The summed E-state index contributed by atoms with van der Waals surface area (Å²) >= 11 is 0. The maximum Gasteiger partial charge on any atom is 0.238 e. The number of hydrogen-bond donors (Lipinski definition) is 1. The summed E-state index contributed by atoms with van der Waals surface area (Å²) in [6, 6.07) is 3.78. The fourth-order valence-electron chi connectivity index (χ4n) is 3.14. The lowest BCUT2D eigenvalue weighted by Gasteiger charge is -2.12. The van der Waals surface area contributed by atoms with Gasteiger partial charge >= 0.3 is 0 Å². The van der Waals surface area contributed by atoms with E-state index in [0.717, 1.165) is 39.4 Å². The number of pyridine rings is 1. The Morgan fingerprint density at radius 2 is 2.17 bits per heavy atom. The van der Waals surface area contributed by atoms with Crippen LogP contribution >= 0.6 is 0 Å². The summed E-state index contributed by atoms with van der Waals surface area (Å²) in [7, 11) is 0. The number of aliphatic imine (C=N–C) groups is 1. The molecule has 0 aromatic carbocycles. The van der Waals surface area contributed by atoms with Gasteiger partial charge in [-0.1, -0.05) is 0 Å². The van der Waals surface area contributed by atoms with Crippen LogP contribution in [0.5, 0.6) is 0 Å². The third-order valence-electron chi connectivity index (χ3n) is 4.34. The molecule has 0 saturated carbocycles. The van der Waals surface area contributed by atoms with Crippen LogP contribution in [0.2, 0.25) is 0 Å². The molecule has 1 aliphatic rings. The van der Waals surface area contributed by atoms with Gasteiger partial charge in [0.15, 0.2) is 0 Å². The molecular formula is C17H15F2N5. The predicted octanol–water partition coefficient (Wildman–Crippen LogP) is 4.25. The highest BCUT2D eigenvalue weighted by Gasteiger charge is 2.27. The van der Waals surface area contributed by atoms with Crippen LogP contribution in [0.4, 0.5) is 14.5 Å². The van der Waals surface area contributed by atoms with Crippen LogP contribution in [-0.2, 0) is 0 Å². The van der Waals surface area contributed by atoms with Crippen molar-refractivity contribution in [3.8, 4) is 11.3 Å². The highest BCUT2D eigenvalue weighted by molar-refractivity contribution is 5.97. The third-order valence-corrected chi connectivity index (χ3v) is 4.34. The molecule has 0 fully saturated rings. The van der Waals surface area contributed by atoms with Gasteiger partial charge in [-0.15, -0.1) is 0 Å². The number of aromatic nitrogens is 4. The largest absolute Gasteiger partial charge is 0.345 e. The summed E-state index contributed by atoms with van der Waals surface area (Å²) in [4.78, 5) is 20.5. The van der Waals surface area contributed by atoms with Crippen LogP contribution in [0.25, 0.3) is 22.3 Å². The summed E-state index contributed by atoms with van der Waals surface area (Å²) in [6.07, 6.45) is 2.95. The molecule has 1 N–H and O–H groups in total. The SMILES string of the molecule is CC1=Nc2ccc(-c3c[nH]c4ncncc34)nc2[C@@H]1CCC(F)F. The predicted molar refractivity (Wildman–Crippen MR) is 87.9 cm³/mol. The summed E-state index contributed by atoms with van der Waals surface area (Å²) in [5.41, 5.74) is 4.79. The van der Waals surface area contributed by atoms with Crippen molar-refractivity contribution < 1.29 is 8.78 Å². The van der Waals surface area contributed by atoms with Gasteiger partial charge in [0.1, 0.15) is 12.0 Å². The van der Waals surface area contributed by atoms with Crippen molar-refractivity contribution in [3.63, 3.8) is 0 Å². The Labute approximate surface area is 136 Å². The Bertz CT molecular complexity index is 932. The second kappa shape index (κ2) is 5.74. The van der Waals surface area contributed by atoms with E-state index in [0.29, 0.717) is 6.42 Å². The van der Waals surface area contributed by atoms with Crippen molar-refractivity contribution in [1.82, 2.24) is 19.9 Å². The minimum Gasteiger partial charge on any atom is -0.345 e. The normalized spacial score (nSPS) is 16.7. The molecule has 7 heteroatoms. The zero-order chi connectivity index (χ0) is 16.7. The monoisotopic (exact) mass is 327 g/mol. The van der Waals surface area contributed by atoms with E-state index in [-0.39, 0.29) is 12.3 Å². The van der Waals surface area contributed by atoms with E-state index in [4.69, 9.17) is 4.98 Å². The topological polar surface area (TPSA) is 66.8 Å². The van der Waals surface area contributed by atoms with Crippen LogP contribution in [0, 0.1) is 0 Å². The molecule has 3 aromatic rings. The number of fused-ring (bicyclic) bond motifs is 2. The van der Waals surface area contributed by atoms with Crippen LogP contribution < -0.4 is 0 Å². The van der Waals surface area contributed by atoms with Gasteiger partial charge in [-0.05, 0) is 25.5 Å². The number of hydrogen-bond acceptors (Lipinski definition) is 4. The lowest BCUT2D eigenvalue weighted by molar-refractivity contribution is 0.134. The number of halogens is 2. The van der Waals surface area contributed by atoms with Crippen molar-refractivity contribution in [1.29, 1.82) is 0 Å². The number of rotatable bonds is 4. The molecule has 24 heavy (non-hydrogen) atoms. The first kappa shape index (κ1) is 14.9. The molecule has 0 unspecified atom stereocenters. The van der Waals surface area contributed by atoms with Crippen molar-refractivity contribution in [2.75, 3.05) is 0 Å².